The molecule has 0 bridgehead atoms. The quantitative estimate of drug-likeness (QED) is 0.656. The van der Waals surface area contributed by atoms with Crippen LogP contribution in [-0.2, 0) is 11.3 Å². The van der Waals surface area contributed by atoms with Crippen molar-refractivity contribution in [3.8, 4) is 11.5 Å². The van der Waals surface area contributed by atoms with Gasteiger partial charge in [0, 0.05) is 18.2 Å². The van der Waals surface area contributed by atoms with Gasteiger partial charge in [0.15, 0.2) is 0 Å². The highest BCUT2D eigenvalue weighted by atomic mass is 16.5. The number of carbonyl (C=O) groups is 2. The zero-order valence-corrected chi connectivity index (χ0v) is 12.5. The monoisotopic (exact) mass is 299 g/mol. The molecular formula is C17H17NO4. The Bertz CT molecular complexity index is 645. The number of amides is 1. The lowest BCUT2D eigenvalue weighted by Crippen LogP contribution is -2.30. The summed E-state index contributed by atoms with van der Waals surface area (Å²) in [5, 5.41) is 2.60. The van der Waals surface area contributed by atoms with Gasteiger partial charge in [0.1, 0.15) is 11.5 Å². The fourth-order valence-electron chi connectivity index (χ4n) is 1.95. The van der Waals surface area contributed by atoms with Crippen molar-refractivity contribution < 1.29 is 19.1 Å². The molecule has 0 spiro atoms. The smallest absolute Gasteiger partial charge is 0.292 e. The number of benzene rings is 2. The molecule has 0 aliphatic rings. The van der Waals surface area contributed by atoms with Crippen molar-refractivity contribution in [2.24, 2.45) is 0 Å². The van der Waals surface area contributed by atoms with Crippen molar-refractivity contribution in [2.45, 2.75) is 6.54 Å². The highest BCUT2D eigenvalue weighted by Gasteiger charge is 2.15. The normalized spacial score (nSPS) is 9.91. The van der Waals surface area contributed by atoms with Gasteiger partial charge in [-0.05, 0) is 17.7 Å². The molecule has 2 rings (SSSR count). The Balaban J connectivity index is 2.03. The second-order valence-corrected chi connectivity index (χ2v) is 4.60. The molecule has 0 radical (unpaired) electrons. The maximum absolute atomic E-state index is 12.0. The van der Waals surface area contributed by atoms with E-state index in [1.165, 1.54) is 0 Å². The average molecular weight is 299 g/mol. The third-order valence-electron chi connectivity index (χ3n) is 3.11. The predicted molar refractivity (Wildman–Crippen MR) is 82.2 cm³/mol. The highest BCUT2D eigenvalue weighted by Crippen LogP contribution is 2.22. The Kier molecular flexibility index (Phi) is 5.14. The average Bonchev–Trinajstić information content (AvgIpc) is 2.59. The molecule has 22 heavy (non-hydrogen) atoms. The van der Waals surface area contributed by atoms with Crippen molar-refractivity contribution in [2.75, 3.05) is 14.2 Å². The minimum absolute atomic E-state index is 0.213. The number of Topliss-reactive ketones (excluding diaryl/α,β-unsaturated/α-hetero) is 1. The van der Waals surface area contributed by atoms with Crippen LogP contribution in [0.15, 0.2) is 48.5 Å². The lowest BCUT2D eigenvalue weighted by Gasteiger charge is -2.09. The van der Waals surface area contributed by atoms with Crippen molar-refractivity contribution >= 4 is 11.7 Å². The Morgan fingerprint density at radius 1 is 0.955 bits per heavy atom. The minimum atomic E-state index is -0.645. The Morgan fingerprint density at radius 3 is 2.09 bits per heavy atom. The molecule has 0 saturated carbocycles. The number of methoxy groups -OCH3 is 2. The summed E-state index contributed by atoms with van der Waals surface area (Å²) in [6, 6.07) is 13.7. The summed E-state index contributed by atoms with van der Waals surface area (Å²) in [5.41, 5.74) is 1.15. The van der Waals surface area contributed by atoms with Crippen LogP contribution >= 0.6 is 0 Å². The number of nitrogens with one attached hydrogen (secondary N) is 1. The number of ether oxygens (including phenoxy) is 2. The predicted octanol–water partition coefficient (Wildman–Crippen LogP) is 2.20. The zero-order chi connectivity index (χ0) is 15.9. The largest absolute Gasteiger partial charge is 0.497 e. The van der Waals surface area contributed by atoms with Gasteiger partial charge in [0.05, 0.1) is 14.2 Å². The summed E-state index contributed by atoms with van der Waals surface area (Å²) >= 11 is 0. The first-order valence-electron chi connectivity index (χ1n) is 6.73. The molecule has 5 heteroatoms. The third-order valence-corrected chi connectivity index (χ3v) is 3.11. The Hall–Kier alpha value is -2.82. The molecule has 114 valence electrons. The van der Waals surface area contributed by atoms with Crippen LogP contribution in [0.3, 0.4) is 0 Å². The van der Waals surface area contributed by atoms with Crippen LogP contribution in [0.25, 0.3) is 0 Å². The van der Waals surface area contributed by atoms with Gasteiger partial charge in [-0.2, -0.15) is 0 Å². The van der Waals surface area contributed by atoms with Crippen LogP contribution in [0, 0.1) is 0 Å². The zero-order valence-electron chi connectivity index (χ0n) is 12.5. The van der Waals surface area contributed by atoms with Crippen molar-refractivity contribution in [3.63, 3.8) is 0 Å². The standard InChI is InChI=1S/C17H17NO4/c1-21-14-8-12(9-15(10-14)22-2)11-18-17(20)16(19)13-6-4-3-5-7-13/h3-10H,11H2,1-2H3,(H,18,20). The van der Waals surface area contributed by atoms with E-state index in [1.807, 2.05) is 0 Å². The molecule has 0 aromatic heterocycles. The van der Waals surface area contributed by atoms with Crippen molar-refractivity contribution in [1.82, 2.24) is 5.32 Å². The summed E-state index contributed by atoms with van der Waals surface area (Å²) in [7, 11) is 3.10. The fourth-order valence-corrected chi connectivity index (χ4v) is 1.95. The molecule has 1 N–H and O–H groups in total. The molecule has 0 heterocycles. The van der Waals surface area contributed by atoms with Gasteiger partial charge in [-0.3, -0.25) is 9.59 Å². The van der Waals surface area contributed by atoms with Crippen LogP contribution in [-0.4, -0.2) is 25.9 Å². The molecule has 0 atom stereocenters. The summed E-state index contributed by atoms with van der Waals surface area (Å²) in [6.45, 7) is 0.213. The van der Waals surface area contributed by atoms with E-state index < -0.39 is 11.7 Å². The van der Waals surface area contributed by atoms with E-state index in [1.54, 1.807) is 62.8 Å². The molecule has 2 aromatic rings. The topological polar surface area (TPSA) is 64.6 Å². The SMILES string of the molecule is COc1cc(CNC(=O)C(=O)c2ccccc2)cc(OC)c1. The van der Waals surface area contributed by atoms with Gasteiger partial charge in [-0.1, -0.05) is 30.3 Å². The van der Waals surface area contributed by atoms with E-state index in [2.05, 4.69) is 5.32 Å². The number of hydrogen-bond acceptors (Lipinski definition) is 4. The number of carbonyl (C=O) groups excluding carboxylic acids is 2. The van der Waals surface area contributed by atoms with E-state index >= 15 is 0 Å². The first-order chi connectivity index (χ1) is 10.6. The maximum atomic E-state index is 12.0. The van der Waals surface area contributed by atoms with Crippen LogP contribution in [0.4, 0.5) is 0 Å². The lowest BCUT2D eigenvalue weighted by molar-refractivity contribution is -0.117. The second-order valence-electron chi connectivity index (χ2n) is 4.60. The van der Waals surface area contributed by atoms with E-state index in [4.69, 9.17) is 9.47 Å². The third kappa shape index (κ3) is 3.85. The van der Waals surface area contributed by atoms with Gasteiger partial charge in [-0.15, -0.1) is 0 Å². The summed E-state index contributed by atoms with van der Waals surface area (Å²) in [5.74, 6) is 0.0411. The van der Waals surface area contributed by atoms with Crippen LogP contribution in [0.2, 0.25) is 0 Å². The minimum Gasteiger partial charge on any atom is -0.497 e. The van der Waals surface area contributed by atoms with Crippen LogP contribution in [0.1, 0.15) is 15.9 Å². The first-order valence-corrected chi connectivity index (χ1v) is 6.73. The number of hydrogen-bond donors (Lipinski definition) is 1. The number of rotatable bonds is 6. The highest BCUT2D eigenvalue weighted by molar-refractivity contribution is 6.42. The van der Waals surface area contributed by atoms with Crippen molar-refractivity contribution in [1.29, 1.82) is 0 Å². The van der Waals surface area contributed by atoms with Crippen molar-refractivity contribution in [3.05, 3.63) is 59.7 Å². The van der Waals surface area contributed by atoms with Crippen LogP contribution < -0.4 is 14.8 Å². The summed E-state index contributed by atoms with van der Waals surface area (Å²) in [6.07, 6.45) is 0. The first kappa shape index (κ1) is 15.6. The van der Waals surface area contributed by atoms with Gasteiger partial charge in [-0.25, -0.2) is 0 Å². The number of ketones is 1. The molecule has 2 aromatic carbocycles. The molecule has 5 nitrogen and oxygen atoms in total. The fraction of sp³-hybridized carbons (Fsp3) is 0.176. The molecule has 0 fully saturated rings. The van der Waals surface area contributed by atoms with Gasteiger partial charge in [0.25, 0.3) is 5.91 Å². The molecule has 0 aliphatic carbocycles. The Morgan fingerprint density at radius 2 is 1.55 bits per heavy atom. The van der Waals surface area contributed by atoms with E-state index in [-0.39, 0.29) is 6.54 Å². The van der Waals surface area contributed by atoms with E-state index in [0.29, 0.717) is 17.1 Å². The van der Waals surface area contributed by atoms with Gasteiger partial charge < -0.3 is 14.8 Å². The summed E-state index contributed by atoms with van der Waals surface area (Å²) in [4.78, 5) is 23.9. The lowest BCUT2D eigenvalue weighted by atomic mass is 10.1. The molecule has 0 unspecified atom stereocenters. The van der Waals surface area contributed by atoms with Gasteiger partial charge >= 0.3 is 0 Å². The van der Waals surface area contributed by atoms with Gasteiger partial charge in [0.2, 0.25) is 5.78 Å². The maximum Gasteiger partial charge on any atom is 0.292 e. The van der Waals surface area contributed by atoms with E-state index in [9.17, 15) is 9.59 Å². The molecular weight excluding hydrogens is 282 g/mol. The van der Waals surface area contributed by atoms with Crippen LogP contribution in [0.5, 0.6) is 11.5 Å². The molecule has 0 aliphatic heterocycles. The summed E-state index contributed by atoms with van der Waals surface area (Å²) < 4.78 is 10.3. The molecule has 0 saturated heterocycles. The molecule has 1 amide bonds. The van der Waals surface area contributed by atoms with E-state index in [0.717, 1.165) is 5.56 Å². The second kappa shape index (κ2) is 7.26. The Labute approximate surface area is 128 Å².